The van der Waals surface area contributed by atoms with E-state index in [0.29, 0.717) is 15.6 Å². The number of hydrogen-bond donors (Lipinski definition) is 2. The van der Waals surface area contributed by atoms with Crippen LogP contribution in [0.5, 0.6) is 0 Å². The lowest BCUT2D eigenvalue weighted by Gasteiger charge is -2.14. The second-order valence-electron chi connectivity index (χ2n) is 5.72. The van der Waals surface area contributed by atoms with E-state index in [9.17, 15) is 22.8 Å². The van der Waals surface area contributed by atoms with Crippen molar-refractivity contribution in [2.24, 2.45) is 0 Å². The highest BCUT2D eigenvalue weighted by molar-refractivity contribution is 7.15. The molecule has 3 aromatic rings. The Hall–Kier alpha value is -2.72. The predicted molar refractivity (Wildman–Crippen MR) is 89.7 cm³/mol. The van der Waals surface area contributed by atoms with Gasteiger partial charge in [-0.2, -0.15) is 0 Å². The summed E-state index contributed by atoms with van der Waals surface area (Å²) in [7, 11) is 1.69. The van der Waals surface area contributed by atoms with Crippen molar-refractivity contribution in [3.63, 3.8) is 0 Å². The summed E-state index contributed by atoms with van der Waals surface area (Å²) in [6.07, 6.45) is 1.62. The molecule has 6 nitrogen and oxygen atoms in total. The third kappa shape index (κ3) is 3.75. The first-order valence-corrected chi connectivity index (χ1v) is 8.43. The number of thiazole rings is 1. The lowest BCUT2D eigenvalue weighted by atomic mass is 10.2. The summed E-state index contributed by atoms with van der Waals surface area (Å²) < 4.78 is 41.1. The molecule has 0 aliphatic carbocycles. The van der Waals surface area contributed by atoms with E-state index in [1.54, 1.807) is 18.6 Å². The van der Waals surface area contributed by atoms with Gasteiger partial charge < -0.3 is 10.2 Å². The topological polar surface area (TPSA) is 67.9 Å². The molecule has 2 N–H and O–H groups in total. The Morgan fingerprint density at radius 2 is 2.08 bits per heavy atom. The fourth-order valence-corrected chi connectivity index (χ4v) is 3.18. The molecule has 0 saturated heterocycles. The molecular formula is C16H14F3N4O2S+. The quantitative estimate of drug-likeness (QED) is 0.642. The number of anilines is 1. The van der Waals surface area contributed by atoms with Crippen LogP contribution in [0.2, 0.25) is 0 Å². The summed E-state index contributed by atoms with van der Waals surface area (Å²) in [4.78, 5) is 29.5. The fourth-order valence-electron chi connectivity index (χ4n) is 2.44. The average molecular weight is 383 g/mol. The molecule has 0 aliphatic rings. The smallest absolute Gasteiger partial charge is 0.279 e. The third-order valence-electron chi connectivity index (χ3n) is 3.61. The molecule has 0 aliphatic heterocycles. The molecule has 0 saturated carbocycles. The number of nitrogens with zero attached hydrogens (tertiary/aromatic N) is 2. The summed E-state index contributed by atoms with van der Waals surface area (Å²) in [6, 6.07) is 3.07. The normalized spacial score (nSPS) is 12.3. The molecule has 0 radical (unpaired) electrons. The second-order valence-corrected chi connectivity index (χ2v) is 6.60. The molecule has 0 bridgehead atoms. The van der Waals surface area contributed by atoms with Gasteiger partial charge in [0.1, 0.15) is 12.2 Å². The van der Waals surface area contributed by atoms with E-state index in [1.807, 2.05) is 0 Å². The molecule has 2 heterocycles. The molecule has 1 atom stereocenters. The summed E-state index contributed by atoms with van der Waals surface area (Å²) in [5.41, 5.74) is -0.132. The van der Waals surface area contributed by atoms with Crippen molar-refractivity contribution in [2.45, 2.75) is 6.54 Å². The molecule has 3 rings (SSSR count). The van der Waals surface area contributed by atoms with Crippen molar-refractivity contribution >= 4 is 27.9 Å². The number of benzene rings is 1. The maximum atomic E-state index is 13.6. The van der Waals surface area contributed by atoms with Crippen LogP contribution < -0.4 is 15.8 Å². The number of aromatic nitrogens is 2. The zero-order chi connectivity index (χ0) is 18.8. The van der Waals surface area contributed by atoms with E-state index in [-0.39, 0.29) is 18.6 Å². The second kappa shape index (κ2) is 7.26. The van der Waals surface area contributed by atoms with E-state index in [0.717, 1.165) is 12.1 Å². The SMILES string of the molecule is C[NH+](CC(=O)Nc1ccc(F)c(F)c1F)Cc1cc(=O)n2ccsc2n1. The standard InChI is InChI=1S/C16H13F3N4O2S/c1-22(7-9-6-13(25)23-4-5-26-16(23)20-9)8-12(24)21-11-3-2-10(17)14(18)15(11)19/h2-6H,7-8H2,1H3,(H,21,24)/p+1. The predicted octanol–water partition coefficient (Wildman–Crippen LogP) is 0.827. The van der Waals surface area contributed by atoms with Gasteiger partial charge in [0.2, 0.25) is 0 Å². The van der Waals surface area contributed by atoms with E-state index >= 15 is 0 Å². The molecular weight excluding hydrogens is 369 g/mol. The van der Waals surface area contributed by atoms with Gasteiger partial charge in [0.25, 0.3) is 11.5 Å². The number of quaternary nitrogens is 1. The van der Waals surface area contributed by atoms with E-state index in [4.69, 9.17) is 0 Å². The number of fused-ring (bicyclic) bond motifs is 1. The van der Waals surface area contributed by atoms with E-state index in [2.05, 4.69) is 10.3 Å². The average Bonchev–Trinajstić information content (AvgIpc) is 3.04. The number of likely N-dealkylation sites (N-methyl/N-ethyl adjacent to an activating group) is 1. The molecule has 26 heavy (non-hydrogen) atoms. The molecule has 136 valence electrons. The first kappa shape index (κ1) is 18.1. The Labute approximate surface area is 149 Å². The molecule has 0 spiro atoms. The van der Waals surface area contributed by atoms with E-state index in [1.165, 1.54) is 21.8 Å². The van der Waals surface area contributed by atoms with Crippen molar-refractivity contribution in [2.75, 3.05) is 18.9 Å². The first-order valence-electron chi connectivity index (χ1n) is 7.55. The Kier molecular flexibility index (Phi) is 5.05. The summed E-state index contributed by atoms with van der Waals surface area (Å²) >= 11 is 1.32. The molecule has 1 amide bonds. The number of amides is 1. The summed E-state index contributed by atoms with van der Waals surface area (Å²) in [5.74, 6) is -5.00. The fraction of sp³-hybridized carbons (Fsp3) is 0.188. The van der Waals surface area contributed by atoms with Crippen LogP contribution in [0.3, 0.4) is 0 Å². The Balaban J connectivity index is 1.65. The number of nitrogens with one attached hydrogen (secondary N) is 2. The van der Waals surface area contributed by atoms with Crippen LogP contribution >= 0.6 is 11.3 Å². The number of hydrogen-bond acceptors (Lipinski definition) is 4. The Bertz CT molecular complexity index is 1030. The van der Waals surface area contributed by atoms with Gasteiger partial charge in [-0.3, -0.25) is 14.0 Å². The van der Waals surface area contributed by atoms with Gasteiger partial charge in [-0.05, 0) is 12.1 Å². The molecule has 10 heteroatoms. The molecule has 2 aromatic heterocycles. The Morgan fingerprint density at radius 3 is 2.85 bits per heavy atom. The van der Waals surface area contributed by atoms with Gasteiger partial charge in [-0.15, -0.1) is 11.3 Å². The molecule has 0 fully saturated rings. The maximum Gasteiger partial charge on any atom is 0.279 e. The van der Waals surface area contributed by atoms with E-state index < -0.39 is 29.0 Å². The first-order chi connectivity index (χ1) is 12.3. The summed E-state index contributed by atoms with van der Waals surface area (Å²) in [5, 5.41) is 3.95. The number of carbonyl (C=O) groups excluding carboxylic acids is 1. The van der Waals surface area contributed by atoms with Gasteiger partial charge in [0.15, 0.2) is 29.0 Å². The minimum Gasteiger partial charge on any atom is -0.325 e. The number of halogens is 3. The van der Waals surface area contributed by atoms with Crippen LogP contribution in [-0.2, 0) is 11.3 Å². The van der Waals surface area contributed by atoms with Gasteiger partial charge in [0.05, 0.1) is 12.7 Å². The monoisotopic (exact) mass is 383 g/mol. The highest BCUT2D eigenvalue weighted by Gasteiger charge is 2.18. The van der Waals surface area contributed by atoms with Crippen molar-refractivity contribution in [3.8, 4) is 0 Å². The van der Waals surface area contributed by atoms with Crippen LogP contribution in [0.4, 0.5) is 18.9 Å². The highest BCUT2D eigenvalue weighted by atomic mass is 32.1. The van der Waals surface area contributed by atoms with Gasteiger partial charge in [-0.25, -0.2) is 18.2 Å². The zero-order valence-corrected chi connectivity index (χ0v) is 14.4. The molecule has 1 unspecified atom stereocenters. The minimum atomic E-state index is -1.64. The van der Waals surface area contributed by atoms with Crippen LogP contribution in [0.15, 0.2) is 34.6 Å². The molecule has 1 aromatic carbocycles. The lowest BCUT2D eigenvalue weighted by Crippen LogP contribution is -3.08. The Morgan fingerprint density at radius 1 is 1.31 bits per heavy atom. The maximum absolute atomic E-state index is 13.6. The zero-order valence-electron chi connectivity index (χ0n) is 13.6. The van der Waals surface area contributed by atoms with Gasteiger partial charge in [-0.1, -0.05) is 0 Å². The van der Waals surface area contributed by atoms with Crippen LogP contribution in [-0.4, -0.2) is 28.9 Å². The number of rotatable bonds is 5. The van der Waals surface area contributed by atoms with Crippen LogP contribution in [0, 0.1) is 17.5 Å². The van der Waals surface area contributed by atoms with Gasteiger partial charge in [0, 0.05) is 17.6 Å². The van der Waals surface area contributed by atoms with Crippen LogP contribution in [0.1, 0.15) is 5.69 Å². The van der Waals surface area contributed by atoms with Crippen molar-refractivity contribution in [1.29, 1.82) is 0 Å². The van der Waals surface area contributed by atoms with Crippen molar-refractivity contribution in [3.05, 3.63) is 63.3 Å². The third-order valence-corrected chi connectivity index (χ3v) is 4.37. The number of carbonyl (C=O) groups is 1. The van der Waals surface area contributed by atoms with Crippen molar-refractivity contribution in [1.82, 2.24) is 9.38 Å². The van der Waals surface area contributed by atoms with Crippen molar-refractivity contribution < 1.29 is 22.9 Å². The van der Waals surface area contributed by atoms with Crippen LogP contribution in [0.25, 0.3) is 4.96 Å². The summed E-state index contributed by atoms with van der Waals surface area (Å²) in [6.45, 7) is 0.210. The largest absolute Gasteiger partial charge is 0.325 e. The lowest BCUT2D eigenvalue weighted by molar-refractivity contribution is -0.885. The highest BCUT2D eigenvalue weighted by Crippen LogP contribution is 2.19. The minimum absolute atomic E-state index is 0.0794. The van der Waals surface area contributed by atoms with Gasteiger partial charge >= 0.3 is 0 Å².